The van der Waals surface area contributed by atoms with E-state index in [1.54, 1.807) is 0 Å². The molecule has 0 spiro atoms. The fourth-order valence-corrected chi connectivity index (χ4v) is 1.70. The largest absolute Gasteiger partial charge is 0.374 e. The lowest BCUT2D eigenvalue weighted by atomic mass is 10.1. The molecule has 1 unspecified atom stereocenters. The molecule has 0 saturated heterocycles. The van der Waals surface area contributed by atoms with E-state index in [-0.39, 0.29) is 11.9 Å². The second-order valence-electron chi connectivity index (χ2n) is 5.48. The van der Waals surface area contributed by atoms with Crippen LogP contribution in [0.2, 0.25) is 0 Å². The van der Waals surface area contributed by atoms with Crippen molar-refractivity contribution in [1.82, 2.24) is 5.32 Å². The number of benzene rings is 1. The molecule has 2 nitrogen and oxygen atoms in total. The van der Waals surface area contributed by atoms with E-state index in [4.69, 9.17) is 4.74 Å². The summed E-state index contributed by atoms with van der Waals surface area (Å²) in [6.45, 7) is 10.5. The maximum atomic E-state index is 13.7. The molecule has 0 aliphatic carbocycles. The van der Waals surface area contributed by atoms with Gasteiger partial charge in [0.15, 0.2) is 0 Å². The second kappa shape index (κ2) is 8.28. The maximum Gasteiger partial charge on any atom is 0.128 e. The van der Waals surface area contributed by atoms with Crippen LogP contribution in [0.4, 0.5) is 4.39 Å². The van der Waals surface area contributed by atoms with Gasteiger partial charge < -0.3 is 10.1 Å². The first-order valence-electron chi connectivity index (χ1n) is 7.12. The van der Waals surface area contributed by atoms with E-state index in [0.717, 1.165) is 25.1 Å². The third-order valence-corrected chi connectivity index (χ3v) is 3.09. The number of nitrogens with one attached hydrogen (secondary N) is 1. The number of rotatable bonds is 8. The molecular formula is C16H26FNO. The van der Waals surface area contributed by atoms with Gasteiger partial charge in [-0.05, 0) is 43.5 Å². The van der Waals surface area contributed by atoms with Crippen molar-refractivity contribution in [3.05, 3.63) is 35.1 Å². The molecule has 1 rings (SSSR count). The van der Waals surface area contributed by atoms with Gasteiger partial charge in [-0.25, -0.2) is 4.39 Å². The van der Waals surface area contributed by atoms with Gasteiger partial charge in [0.05, 0.1) is 12.7 Å². The Morgan fingerprint density at radius 2 is 2.00 bits per heavy atom. The standard InChI is InChI=1S/C16H26FNO/c1-5-13(4)19-11-15-8-14(6-7-16(15)17)10-18-9-12(2)3/h6-8,12-13,18H,5,9-11H2,1-4H3. The molecular weight excluding hydrogens is 241 g/mol. The predicted octanol–water partition coefficient (Wildman–Crippen LogP) is 3.89. The van der Waals surface area contributed by atoms with Gasteiger partial charge in [0, 0.05) is 12.1 Å². The van der Waals surface area contributed by atoms with Crippen LogP contribution in [-0.4, -0.2) is 12.6 Å². The van der Waals surface area contributed by atoms with Crippen molar-refractivity contribution < 1.29 is 9.13 Å². The van der Waals surface area contributed by atoms with Crippen molar-refractivity contribution in [1.29, 1.82) is 0 Å². The number of hydrogen-bond donors (Lipinski definition) is 1. The van der Waals surface area contributed by atoms with Gasteiger partial charge in [-0.1, -0.05) is 26.8 Å². The lowest BCUT2D eigenvalue weighted by Gasteiger charge is -2.13. The van der Waals surface area contributed by atoms with E-state index in [1.807, 2.05) is 19.1 Å². The third kappa shape index (κ3) is 6.17. The normalized spacial score (nSPS) is 12.9. The topological polar surface area (TPSA) is 21.3 Å². The first-order valence-corrected chi connectivity index (χ1v) is 7.12. The van der Waals surface area contributed by atoms with Gasteiger partial charge in [0.2, 0.25) is 0 Å². The van der Waals surface area contributed by atoms with Crippen molar-refractivity contribution in [2.24, 2.45) is 5.92 Å². The molecule has 0 aliphatic rings. The molecule has 0 fully saturated rings. The van der Waals surface area contributed by atoms with Crippen LogP contribution >= 0.6 is 0 Å². The summed E-state index contributed by atoms with van der Waals surface area (Å²) in [6, 6.07) is 5.25. The highest BCUT2D eigenvalue weighted by Gasteiger charge is 2.06. The monoisotopic (exact) mass is 267 g/mol. The lowest BCUT2D eigenvalue weighted by molar-refractivity contribution is 0.0492. The lowest BCUT2D eigenvalue weighted by Crippen LogP contribution is -2.19. The van der Waals surface area contributed by atoms with Crippen molar-refractivity contribution in [3.63, 3.8) is 0 Å². The fraction of sp³-hybridized carbons (Fsp3) is 0.625. The van der Waals surface area contributed by atoms with Crippen LogP contribution in [0.1, 0.15) is 45.2 Å². The average molecular weight is 267 g/mol. The SMILES string of the molecule is CCC(C)OCc1cc(CNCC(C)C)ccc1F. The van der Waals surface area contributed by atoms with Crippen molar-refractivity contribution in [3.8, 4) is 0 Å². The van der Waals surface area contributed by atoms with Gasteiger partial charge in [-0.3, -0.25) is 0 Å². The third-order valence-electron chi connectivity index (χ3n) is 3.09. The van der Waals surface area contributed by atoms with E-state index >= 15 is 0 Å². The molecule has 0 radical (unpaired) electrons. The molecule has 1 aromatic rings. The Hall–Kier alpha value is -0.930. The Morgan fingerprint density at radius 1 is 1.26 bits per heavy atom. The summed E-state index contributed by atoms with van der Waals surface area (Å²) in [7, 11) is 0. The Labute approximate surface area is 116 Å². The predicted molar refractivity (Wildman–Crippen MR) is 77.5 cm³/mol. The van der Waals surface area contributed by atoms with Gasteiger partial charge in [0.25, 0.3) is 0 Å². The smallest absolute Gasteiger partial charge is 0.128 e. The van der Waals surface area contributed by atoms with Crippen LogP contribution in [0.25, 0.3) is 0 Å². The van der Waals surface area contributed by atoms with Gasteiger partial charge in [-0.2, -0.15) is 0 Å². The van der Waals surface area contributed by atoms with Crippen LogP contribution in [0.15, 0.2) is 18.2 Å². The highest BCUT2D eigenvalue weighted by molar-refractivity contribution is 5.24. The summed E-state index contributed by atoms with van der Waals surface area (Å²) in [6.07, 6.45) is 1.11. The zero-order chi connectivity index (χ0) is 14.3. The summed E-state index contributed by atoms with van der Waals surface area (Å²) >= 11 is 0. The van der Waals surface area contributed by atoms with Crippen LogP contribution in [0.3, 0.4) is 0 Å². The summed E-state index contributed by atoms with van der Waals surface area (Å²) in [5.74, 6) is 0.435. The van der Waals surface area contributed by atoms with Crippen molar-refractivity contribution >= 4 is 0 Å². The summed E-state index contributed by atoms with van der Waals surface area (Å²) in [5.41, 5.74) is 1.74. The Bertz CT molecular complexity index is 379. The van der Waals surface area contributed by atoms with Gasteiger partial charge >= 0.3 is 0 Å². The molecule has 0 amide bonds. The minimum Gasteiger partial charge on any atom is -0.374 e. The van der Waals surface area contributed by atoms with E-state index in [1.165, 1.54) is 6.07 Å². The zero-order valence-corrected chi connectivity index (χ0v) is 12.5. The van der Waals surface area contributed by atoms with Crippen LogP contribution in [0.5, 0.6) is 0 Å². The zero-order valence-electron chi connectivity index (χ0n) is 12.5. The number of hydrogen-bond acceptors (Lipinski definition) is 2. The summed E-state index contributed by atoms with van der Waals surface area (Å²) in [4.78, 5) is 0. The molecule has 0 aromatic heterocycles. The quantitative estimate of drug-likeness (QED) is 0.771. The maximum absolute atomic E-state index is 13.7. The first-order chi connectivity index (χ1) is 9.02. The highest BCUT2D eigenvalue weighted by atomic mass is 19.1. The molecule has 1 atom stereocenters. The molecule has 3 heteroatoms. The molecule has 108 valence electrons. The Morgan fingerprint density at radius 3 is 2.63 bits per heavy atom. The molecule has 0 aliphatic heterocycles. The minimum absolute atomic E-state index is 0.169. The summed E-state index contributed by atoms with van der Waals surface area (Å²) < 4.78 is 19.3. The Kier molecular flexibility index (Phi) is 7.03. The molecule has 0 saturated carbocycles. The number of halogens is 1. The minimum atomic E-state index is -0.184. The van der Waals surface area contributed by atoms with Crippen LogP contribution < -0.4 is 5.32 Å². The number of ether oxygens (including phenoxy) is 1. The molecule has 1 N–H and O–H groups in total. The molecule has 0 heterocycles. The van der Waals surface area contributed by atoms with Gasteiger partial charge in [-0.15, -0.1) is 0 Å². The van der Waals surface area contributed by atoms with Gasteiger partial charge in [0.1, 0.15) is 5.82 Å². The average Bonchev–Trinajstić information content (AvgIpc) is 2.38. The van der Waals surface area contributed by atoms with Crippen molar-refractivity contribution in [2.45, 2.75) is 53.4 Å². The molecule has 0 bridgehead atoms. The van der Waals surface area contributed by atoms with Crippen LogP contribution in [0, 0.1) is 11.7 Å². The Balaban J connectivity index is 2.55. The molecule has 1 aromatic carbocycles. The fourth-order valence-electron chi connectivity index (χ4n) is 1.70. The molecule has 19 heavy (non-hydrogen) atoms. The second-order valence-corrected chi connectivity index (χ2v) is 5.48. The first kappa shape index (κ1) is 16.1. The van der Waals surface area contributed by atoms with Crippen LogP contribution in [-0.2, 0) is 17.9 Å². The van der Waals surface area contributed by atoms with E-state index in [9.17, 15) is 4.39 Å². The van der Waals surface area contributed by atoms with E-state index in [0.29, 0.717) is 18.1 Å². The highest BCUT2D eigenvalue weighted by Crippen LogP contribution is 2.13. The van der Waals surface area contributed by atoms with E-state index < -0.39 is 0 Å². The van der Waals surface area contributed by atoms with Crippen molar-refractivity contribution in [2.75, 3.05) is 6.54 Å². The van der Waals surface area contributed by atoms with E-state index in [2.05, 4.69) is 26.1 Å². The summed E-state index contributed by atoms with van der Waals surface area (Å²) in [5, 5.41) is 3.36.